The van der Waals surface area contributed by atoms with Crippen molar-refractivity contribution < 1.29 is 0 Å². The zero-order valence-electron chi connectivity index (χ0n) is 7.01. The Balaban J connectivity index is 2.65. The zero-order valence-corrected chi connectivity index (χ0v) is 7.01. The number of fused-ring (bicyclic) bond motifs is 3. The third-order valence-corrected chi connectivity index (χ3v) is 2.26. The highest BCUT2D eigenvalue weighted by atomic mass is 15.0. The molecule has 0 aliphatic rings. The van der Waals surface area contributed by atoms with E-state index < -0.39 is 0 Å². The predicted molar refractivity (Wildman–Crippen MR) is 52.7 cm³/mol. The van der Waals surface area contributed by atoms with E-state index in [1.807, 2.05) is 36.7 Å². The first-order valence-electron chi connectivity index (χ1n) is 4.26. The highest BCUT2D eigenvalue weighted by Crippen LogP contribution is 2.14. The summed E-state index contributed by atoms with van der Waals surface area (Å²) in [7, 11) is 0. The molecule has 0 aliphatic heterocycles. The summed E-state index contributed by atoms with van der Waals surface area (Å²) in [6.07, 6.45) is 3.94. The second kappa shape index (κ2) is 2.33. The van der Waals surface area contributed by atoms with E-state index in [0.717, 1.165) is 5.65 Å². The molecule has 0 amide bonds. The molecule has 0 N–H and O–H groups in total. The number of rotatable bonds is 0. The number of hydrogen-bond donors (Lipinski definition) is 0. The molecular weight excluding hydrogens is 160 g/mol. The van der Waals surface area contributed by atoms with E-state index in [4.69, 9.17) is 0 Å². The Morgan fingerprint density at radius 2 is 1.92 bits per heavy atom. The summed E-state index contributed by atoms with van der Waals surface area (Å²) in [6.45, 7) is 0. The third kappa shape index (κ3) is 0.855. The van der Waals surface area contributed by atoms with Crippen molar-refractivity contribution in [2.24, 2.45) is 0 Å². The summed E-state index contributed by atoms with van der Waals surface area (Å²) in [5, 5.41) is 1.17. The fourth-order valence-electron chi connectivity index (χ4n) is 1.63. The first-order chi connectivity index (χ1) is 6.45. The minimum Gasteiger partial charge on any atom is -0.301 e. The second-order valence-corrected chi connectivity index (χ2v) is 3.05. The SMILES string of the molecule is c1ccc2c(c1)cnc1cccn12. The maximum Gasteiger partial charge on any atom is 0.137 e. The van der Waals surface area contributed by atoms with Crippen molar-refractivity contribution in [1.29, 1.82) is 0 Å². The van der Waals surface area contributed by atoms with Gasteiger partial charge in [-0.25, -0.2) is 4.98 Å². The smallest absolute Gasteiger partial charge is 0.137 e. The van der Waals surface area contributed by atoms with Crippen LogP contribution in [0.1, 0.15) is 0 Å². The van der Waals surface area contributed by atoms with Gasteiger partial charge in [-0.15, -0.1) is 0 Å². The van der Waals surface area contributed by atoms with Gasteiger partial charge >= 0.3 is 0 Å². The summed E-state index contributed by atoms with van der Waals surface area (Å²) in [6, 6.07) is 12.3. The molecule has 2 heterocycles. The van der Waals surface area contributed by atoms with Crippen LogP contribution in [0.3, 0.4) is 0 Å². The van der Waals surface area contributed by atoms with Crippen LogP contribution in [0.2, 0.25) is 0 Å². The fraction of sp³-hybridized carbons (Fsp3) is 0. The van der Waals surface area contributed by atoms with Crippen LogP contribution in [-0.2, 0) is 0 Å². The highest BCUT2D eigenvalue weighted by molar-refractivity contribution is 5.80. The molecule has 0 fully saturated rings. The van der Waals surface area contributed by atoms with Crippen LogP contribution in [0, 0.1) is 0 Å². The van der Waals surface area contributed by atoms with E-state index in [0.29, 0.717) is 0 Å². The van der Waals surface area contributed by atoms with E-state index in [2.05, 4.69) is 21.5 Å². The molecule has 0 bridgehead atoms. The minimum absolute atomic E-state index is 0.999. The molecule has 3 rings (SSSR count). The Hall–Kier alpha value is -1.83. The number of nitrogens with zero attached hydrogens (tertiary/aromatic N) is 2. The van der Waals surface area contributed by atoms with Crippen molar-refractivity contribution in [2.75, 3.05) is 0 Å². The Morgan fingerprint density at radius 1 is 1.00 bits per heavy atom. The first-order valence-corrected chi connectivity index (χ1v) is 4.26. The van der Waals surface area contributed by atoms with Crippen molar-refractivity contribution >= 4 is 16.6 Å². The molecule has 13 heavy (non-hydrogen) atoms. The van der Waals surface area contributed by atoms with Gasteiger partial charge in [-0.2, -0.15) is 0 Å². The van der Waals surface area contributed by atoms with Crippen LogP contribution in [0.5, 0.6) is 0 Å². The van der Waals surface area contributed by atoms with Gasteiger partial charge in [0, 0.05) is 17.8 Å². The molecule has 62 valence electrons. The van der Waals surface area contributed by atoms with Gasteiger partial charge in [0.05, 0.1) is 5.52 Å². The molecule has 0 unspecified atom stereocenters. The van der Waals surface area contributed by atoms with Crippen molar-refractivity contribution in [1.82, 2.24) is 9.38 Å². The summed E-state index contributed by atoms with van der Waals surface area (Å²) >= 11 is 0. The van der Waals surface area contributed by atoms with E-state index in [1.54, 1.807) is 0 Å². The molecular formula is C11H8N2. The lowest BCUT2D eigenvalue weighted by Crippen LogP contribution is -1.87. The summed E-state index contributed by atoms with van der Waals surface area (Å²) in [5.41, 5.74) is 2.20. The van der Waals surface area contributed by atoms with Crippen LogP contribution >= 0.6 is 0 Å². The van der Waals surface area contributed by atoms with Crippen LogP contribution in [0.25, 0.3) is 16.6 Å². The predicted octanol–water partition coefficient (Wildman–Crippen LogP) is 2.49. The largest absolute Gasteiger partial charge is 0.301 e. The van der Waals surface area contributed by atoms with Gasteiger partial charge in [-0.05, 0) is 18.2 Å². The topological polar surface area (TPSA) is 17.3 Å². The number of benzene rings is 1. The lowest BCUT2D eigenvalue weighted by Gasteiger charge is -2.00. The molecule has 0 spiro atoms. The van der Waals surface area contributed by atoms with E-state index >= 15 is 0 Å². The van der Waals surface area contributed by atoms with Crippen molar-refractivity contribution in [2.45, 2.75) is 0 Å². The molecule has 0 saturated heterocycles. The van der Waals surface area contributed by atoms with Gasteiger partial charge in [0.25, 0.3) is 0 Å². The second-order valence-electron chi connectivity index (χ2n) is 3.05. The first kappa shape index (κ1) is 6.66. The molecule has 2 nitrogen and oxygen atoms in total. The Bertz CT molecular complexity index is 566. The van der Waals surface area contributed by atoms with E-state index in [9.17, 15) is 0 Å². The van der Waals surface area contributed by atoms with Gasteiger partial charge in [-0.3, -0.25) is 0 Å². The molecule has 2 aromatic heterocycles. The lowest BCUT2D eigenvalue weighted by molar-refractivity contribution is 1.20. The molecule has 0 atom stereocenters. The van der Waals surface area contributed by atoms with E-state index in [-0.39, 0.29) is 0 Å². The number of para-hydroxylation sites is 1. The molecule has 3 aromatic rings. The number of hydrogen-bond acceptors (Lipinski definition) is 1. The average Bonchev–Trinajstić information content (AvgIpc) is 2.65. The molecule has 0 aliphatic carbocycles. The minimum atomic E-state index is 0.999. The monoisotopic (exact) mass is 168 g/mol. The zero-order chi connectivity index (χ0) is 8.67. The van der Waals surface area contributed by atoms with Crippen LogP contribution in [-0.4, -0.2) is 9.38 Å². The molecule has 0 saturated carbocycles. The Kier molecular flexibility index (Phi) is 1.19. The Morgan fingerprint density at radius 3 is 2.92 bits per heavy atom. The van der Waals surface area contributed by atoms with Gasteiger partial charge in [0.15, 0.2) is 0 Å². The molecule has 2 heteroatoms. The summed E-state index contributed by atoms with van der Waals surface area (Å²) < 4.78 is 2.09. The fourth-order valence-corrected chi connectivity index (χ4v) is 1.63. The van der Waals surface area contributed by atoms with Crippen molar-refractivity contribution in [3.8, 4) is 0 Å². The van der Waals surface area contributed by atoms with E-state index in [1.165, 1.54) is 10.9 Å². The summed E-state index contributed by atoms with van der Waals surface area (Å²) in [4.78, 5) is 4.33. The Labute approximate surface area is 75.5 Å². The standard InChI is InChI=1S/C11H8N2/c1-2-5-10-9(4-1)8-12-11-6-3-7-13(10)11/h1-8H. The average molecular weight is 168 g/mol. The lowest BCUT2D eigenvalue weighted by atomic mass is 10.2. The van der Waals surface area contributed by atoms with Crippen LogP contribution in [0.4, 0.5) is 0 Å². The van der Waals surface area contributed by atoms with Gasteiger partial charge in [0.2, 0.25) is 0 Å². The van der Waals surface area contributed by atoms with Gasteiger partial charge in [-0.1, -0.05) is 18.2 Å². The number of aromatic nitrogens is 2. The van der Waals surface area contributed by atoms with Crippen LogP contribution < -0.4 is 0 Å². The quantitative estimate of drug-likeness (QED) is 0.504. The normalized spacial score (nSPS) is 11.1. The maximum atomic E-state index is 4.33. The summed E-state index contributed by atoms with van der Waals surface area (Å²) in [5.74, 6) is 0. The van der Waals surface area contributed by atoms with Gasteiger partial charge < -0.3 is 4.40 Å². The highest BCUT2D eigenvalue weighted by Gasteiger charge is 1.97. The van der Waals surface area contributed by atoms with Crippen molar-refractivity contribution in [3.05, 3.63) is 48.8 Å². The maximum absolute atomic E-state index is 4.33. The van der Waals surface area contributed by atoms with Crippen LogP contribution in [0.15, 0.2) is 48.8 Å². The molecule has 1 aromatic carbocycles. The van der Waals surface area contributed by atoms with Gasteiger partial charge in [0.1, 0.15) is 5.65 Å². The third-order valence-electron chi connectivity index (χ3n) is 2.26. The molecule has 0 radical (unpaired) electrons. The van der Waals surface area contributed by atoms with Crippen molar-refractivity contribution in [3.63, 3.8) is 0 Å².